The van der Waals surface area contributed by atoms with E-state index in [-0.39, 0.29) is 24.3 Å². The van der Waals surface area contributed by atoms with Crippen molar-refractivity contribution in [1.82, 2.24) is 20.0 Å². The minimum absolute atomic E-state index is 0.0200. The summed E-state index contributed by atoms with van der Waals surface area (Å²) in [5.74, 6) is 0.940. The number of nitrogens with zero attached hydrogens (tertiary/aromatic N) is 3. The summed E-state index contributed by atoms with van der Waals surface area (Å²) in [5.41, 5.74) is 0.516. The van der Waals surface area contributed by atoms with Crippen molar-refractivity contribution < 1.29 is 14.4 Å². The molecule has 164 valence electrons. The van der Waals surface area contributed by atoms with Crippen molar-refractivity contribution in [3.8, 4) is 0 Å². The van der Waals surface area contributed by atoms with Crippen LogP contribution in [0.15, 0.2) is 28.7 Å². The van der Waals surface area contributed by atoms with Crippen LogP contribution in [0.2, 0.25) is 0 Å². The third kappa shape index (κ3) is 6.28. The minimum Gasteiger partial charge on any atom is -0.343 e. The van der Waals surface area contributed by atoms with E-state index < -0.39 is 0 Å². The Morgan fingerprint density at radius 3 is 2.30 bits per heavy atom. The van der Waals surface area contributed by atoms with E-state index in [9.17, 15) is 14.4 Å². The van der Waals surface area contributed by atoms with Crippen LogP contribution < -0.4 is 5.32 Å². The summed E-state index contributed by atoms with van der Waals surface area (Å²) in [5, 5.41) is 2.69. The fourth-order valence-corrected chi connectivity index (χ4v) is 4.71. The molecular formula is C22H31BrN4O3. The van der Waals surface area contributed by atoms with Gasteiger partial charge < -0.3 is 15.1 Å². The first-order valence-corrected chi connectivity index (χ1v) is 11.4. The molecule has 2 aliphatic heterocycles. The van der Waals surface area contributed by atoms with Gasteiger partial charge >= 0.3 is 0 Å². The molecule has 0 bridgehead atoms. The molecule has 2 heterocycles. The minimum atomic E-state index is -0.265. The molecule has 7 nitrogen and oxygen atoms in total. The van der Waals surface area contributed by atoms with Crippen molar-refractivity contribution in [3.05, 3.63) is 34.3 Å². The zero-order valence-corrected chi connectivity index (χ0v) is 19.4. The number of amides is 3. The average Bonchev–Trinajstić information content (AvgIpc) is 2.71. The topological polar surface area (TPSA) is 73.0 Å². The van der Waals surface area contributed by atoms with Crippen LogP contribution in [0, 0.1) is 11.8 Å². The second kappa shape index (κ2) is 10.4. The lowest BCUT2D eigenvalue weighted by Gasteiger charge is -2.38. The van der Waals surface area contributed by atoms with E-state index in [0.717, 1.165) is 17.6 Å². The van der Waals surface area contributed by atoms with Crippen molar-refractivity contribution >= 4 is 33.7 Å². The molecule has 2 aliphatic rings. The van der Waals surface area contributed by atoms with Crippen LogP contribution in [-0.4, -0.2) is 84.8 Å². The van der Waals surface area contributed by atoms with Crippen LogP contribution in [0.25, 0.3) is 0 Å². The molecule has 1 aromatic rings. The van der Waals surface area contributed by atoms with E-state index in [1.807, 2.05) is 11.0 Å². The first kappa shape index (κ1) is 22.7. The lowest BCUT2D eigenvalue weighted by molar-refractivity contribution is -0.136. The lowest BCUT2D eigenvalue weighted by atomic mass is 9.92. The molecule has 1 N–H and O–H groups in total. The van der Waals surface area contributed by atoms with Crippen LogP contribution in [0.3, 0.4) is 0 Å². The highest BCUT2D eigenvalue weighted by Gasteiger charge is 2.28. The standard InChI is InChI=1S/C22H31BrN4O3/c1-16-10-17(2)14-27(13-16)21(29)15-25-6-8-26(9-7-25)20(28)12-24-22(30)18-4-3-5-19(23)11-18/h3-5,11,16-17H,6-10,12-15H2,1-2H3,(H,24,30). The predicted octanol–water partition coefficient (Wildman–Crippen LogP) is 1.83. The van der Waals surface area contributed by atoms with Crippen molar-refractivity contribution in [2.75, 3.05) is 52.4 Å². The van der Waals surface area contributed by atoms with Crippen molar-refractivity contribution in [3.63, 3.8) is 0 Å². The summed E-state index contributed by atoms with van der Waals surface area (Å²) in [6.45, 7) is 9.00. The third-order valence-corrected chi connectivity index (χ3v) is 6.29. The normalized spacial score (nSPS) is 22.6. The number of carbonyl (C=O) groups is 3. The van der Waals surface area contributed by atoms with E-state index in [1.165, 1.54) is 6.42 Å². The Morgan fingerprint density at radius 1 is 1.00 bits per heavy atom. The van der Waals surface area contributed by atoms with Crippen molar-refractivity contribution in [2.45, 2.75) is 20.3 Å². The Labute approximate surface area is 186 Å². The Hall–Kier alpha value is -1.93. The highest BCUT2D eigenvalue weighted by molar-refractivity contribution is 9.10. The SMILES string of the molecule is CC1CC(C)CN(C(=O)CN2CCN(C(=O)CNC(=O)c3cccc(Br)c3)CC2)C1. The molecule has 0 spiro atoms. The number of halogens is 1. The quantitative estimate of drug-likeness (QED) is 0.700. The van der Waals surface area contributed by atoms with Crippen molar-refractivity contribution in [2.24, 2.45) is 11.8 Å². The summed E-state index contributed by atoms with van der Waals surface area (Å²) < 4.78 is 0.820. The molecule has 2 saturated heterocycles. The largest absolute Gasteiger partial charge is 0.343 e. The summed E-state index contributed by atoms with van der Waals surface area (Å²) in [4.78, 5) is 43.2. The van der Waals surface area contributed by atoms with Gasteiger partial charge in [0.25, 0.3) is 5.91 Å². The van der Waals surface area contributed by atoms with E-state index in [4.69, 9.17) is 0 Å². The highest BCUT2D eigenvalue weighted by Crippen LogP contribution is 2.21. The number of carbonyl (C=O) groups excluding carboxylic acids is 3. The second-order valence-corrected chi connectivity index (χ2v) is 9.51. The number of likely N-dealkylation sites (tertiary alicyclic amines) is 1. The molecule has 30 heavy (non-hydrogen) atoms. The van der Waals surface area contributed by atoms with Crippen LogP contribution in [0.4, 0.5) is 0 Å². The van der Waals surface area contributed by atoms with E-state index in [1.54, 1.807) is 23.1 Å². The van der Waals surface area contributed by atoms with Gasteiger partial charge in [0.05, 0.1) is 13.1 Å². The average molecular weight is 479 g/mol. The molecule has 0 aliphatic carbocycles. The second-order valence-electron chi connectivity index (χ2n) is 8.59. The molecular weight excluding hydrogens is 448 g/mol. The van der Waals surface area contributed by atoms with Gasteiger partial charge in [-0.15, -0.1) is 0 Å². The van der Waals surface area contributed by atoms with Crippen LogP contribution in [0.1, 0.15) is 30.6 Å². The van der Waals surface area contributed by atoms with Crippen LogP contribution in [0.5, 0.6) is 0 Å². The molecule has 0 saturated carbocycles. The van der Waals surface area contributed by atoms with E-state index in [0.29, 0.717) is 50.1 Å². The van der Waals surface area contributed by atoms with Gasteiger partial charge in [0.15, 0.2) is 0 Å². The molecule has 8 heteroatoms. The number of piperazine rings is 1. The fourth-order valence-electron chi connectivity index (χ4n) is 4.31. The number of rotatable bonds is 5. The summed E-state index contributed by atoms with van der Waals surface area (Å²) in [6, 6.07) is 7.06. The van der Waals surface area contributed by atoms with Gasteiger partial charge in [-0.25, -0.2) is 0 Å². The van der Waals surface area contributed by atoms with Gasteiger partial charge in [0.1, 0.15) is 0 Å². The molecule has 3 amide bonds. The predicted molar refractivity (Wildman–Crippen MR) is 119 cm³/mol. The number of nitrogens with one attached hydrogen (secondary N) is 1. The first-order chi connectivity index (χ1) is 14.3. The number of piperidine rings is 1. The van der Waals surface area contributed by atoms with E-state index >= 15 is 0 Å². The molecule has 2 atom stereocenters. The summed E-state index contributed by atoms with van der Waals surface area (Å²) >= 11 is 3.34. The number of benzene rings is 1. The Kier molecular flexibility index (Phi) is 7.88. The fraction of sp³-hybridized carbons (Fsp3) is 0.591. The van der Waals surface area contributed by atoms with Gasteiger partial charge in [0.2, 0.25) is 11.8 Å². The maximum Gasteiger partial charge on any atom is 0.251 e. The van der Waals surface area contributed by atoms with Crippen molar-refractivity contribution in [1.29, 1.82) is 0 Å². The van der Waals surface area contributed by atoms with Crippen LogP contribution >= 0.6 is 15.9 Å². The first-order valence-electron chi connectivity index (χ1n) is 10.6. The molecule has 2 unspecified atom stereocenters. The van der Waals surface area contributed by atoms with Gasteiger partial charge in [-0.05, 0) is 36.5 Å². The maximum atomic E-state index is 12.7. The highest BCUT2D eigenvalue weighted by atomic mass is 79.9. The molecule has 1 aromatic carbocycles. The summed E-state index contributed by atoms with van der Waals surface area (Å²) in [7, 11) is 0. The third-order valence-electron chi connectivity index (χ3n) is 5.79. The Morgan fingerprint density at radius 2 is 1.67 bits per heavy atom. The molecule has 2 fully saturated rings. The van der Waals surface area contributed by atoms with Gasteiger partial charge in [-0.1, -0.05) is 35.8 Å². The van der Waals surface area contributed by atoms with Gasteiger partial charge in [-0.3, -0.25) is 19.3 Å². The number of hydrogen-bond acceptors (Lipinski definition) is 4. The van der Waals surface area contributed by atoms with Gasteiger partial charge in [0, 0.05) is 49.3 Å². The molecule has 0 radical (unpaired) electrons. The molecule has 0 aromatic heterocycles. The molecule has 3 rings (SSSR count). The van der Waals surface area contributed by atoms with Crippen LogP contribution in [-0.2, 0) is 9.59 Å². The maximum absolute atomic E-state index is 12.7. The Balaban J connectivity index is 1.40. The zero-order valence-electron chi connectivity index (χ0n) is 17.8. The smallest absolute Gasteiger partial charge is 0.251 e. The van der Waals surface area contributed by atoms with Gasteiger partial charge in [-0.2, -0.15) is 0 Å². The van der Waals surface area contributed by atoms with E-state index in [2.05, 4.69) is 40.0 Å². The zero-order chi connectivity index (χ0) is 21.7. The monoisotopic (exact) mass is 478 g/mol. The summed E-state index contributed by atoms with van der Waals surface area (Å²) in [6.07, 6.45) is 1.18. The Bertz CT molecular complexity index is 769. The lowest BCUT2D eigenvalue weighted by Crippen LogP contribution is -2.54. The number of hydrogen-bond donors (Lipinski definition) is 1.